The number of amides is 1. The average Bonchev–Trinajstić information content (AvgIpc) is 2.33. The van der Waals surface area contributed by atoms with E-state index in [1.807, 2.05) is 20.8 Å². The lowest BCUT2D eigenvalue weighted by Gasteiger charge is -2.46. The molecule has 1 aromatic heterocycles. The van der Waals surface area contributed by atoms with E-state index in [1.165, 1.54) is 12.0 Å². The summed E-state index contributed by atoms with van der Waals surface area (Å²) in [5.41, 5.74) is -0.915. The molecule has 6 nitrogen and oxygen atoms in total. The number of rotatable bonds is 2. The molecule has 1 amide bonds. The second-order valence-corrected chi connectivity index (χ2v) is 5.95. The summed E-state index contributed by atoms with van der Waals surface area (Å²) in [5.74, 6) is 0.437. The maximum atomic E-state index is 11.8. The fourth-order valence-electron chi connectivity index (χ4n) is 2.03. The molecular weight excluding hydrogens is 260 g/mol. The molecule has 0 radical (unpaired) electrons. The zero-order chi connectivity index (χ0) is 15.0. The number of aliphatic hydroxyl groups is 1. The fraction of sp³-hybridized carbons (Fsp3) is 0.571. The third kappa shape index (κ3) is 3.01. The normalized spacial score (nSPS) is 17.4. The summed E-state index contributed by atoms with van der Waals surface area (Å²) in [5, 5.41) is 10.5. The van der Waals surface area contributed by atoms with Gasteiger partial charge in [-0.05, 0) is 32.4 Å². The molecule has 2 rings (SSSR count). The smallest absolute Gasteiger partial charge is 0.410 e. The highest BCUT2D eigenvalue weighted by molar-refractivity contribution is 5.70. The van der Waals surface area contributed by atoms with Crippen molar-refractivity contribution in [3.05, 3.63) is 23.9 Å². The maximum absolute atomic E-state index is 11.8. The van der Waals surface area contributed by atoms with Gasteiger partial charge in [-0.1, -0.05) is 0 Å². The Morgan fingerprint density at radius 3 is 2.65 bits per heavy atom. The van der Waals surface area contributed by atoms with Gasteiger partial charge in [0.05, 0.1) is 20.2 Å². The molecule has 1 aromatic rings. The molecule has 0 atom stereocenters. The predicted octanol–water partition coefficient (Wildman–Crippen LogP) is 1.53. The van der Waals surface area contributed by atoms with Crippen molar-refractivity contribution in [3.63, 3.8) is 0 Å². The molecule has 1 N–H and O–H groups in total. The average molecular weight is 280 g/mol. The van der Waals surface area contributed by atoms with Crippen molar-refractivity contribution in [1.82, 2.24) is 9.88 Å². The van der Waals surface area contributed by atoms with E-state index in [1.54, 1.807) is 18.3 Å². The van der Waals surface area contributed by atoms with Gasteiger partial charge in [-0.15, -0.1) is 0 Å². The second kappa shape index (κ2) is 4.94. The monoisotopic (exact) mass is 280 g/mol. The van der Waals surface area contributed by atoms with Crippen LogP contribution in [0.4, 0.5) is 4.79 Å². The number of pyridine rings is 1. The summed E-state index contributed by atoms with van der Waals surface area (Å²) >= 11 is 0. The lowest BCUT2D eigenvalue weighted by atomic mass is 9.87. The highest BCUT2D eigenvalue weighted by Gasteiger charge is 2.46. The molecule has 0 unspecified atom stereocenters. The molecule has 20 heavy (non-hydrogen) atoms. The number of ether oxygens (including phenoxy) is 2. The van der Waals surface area contributed by atoms with E-state index in [9.17, 15) is 9.90 Å². The summed E-state index contributed by atoms with van der Waals surface area (Å²) in [6, 6.07) is 3.39. The van der Waals surface area contributed by atoms with Gasteiger partial charge in [-0.2, -0.15) is 0 Å². The highest BCUT2D eigenvalue weighted by Crippen LogP contribution is 2.33. The number of hydrogen-bond donors (Lipinski definition) is 1. The van der Waals surface area contributed by atoms with Crippen LogP contribution in [-0.4, -0.2) is 46.9 Å². The first-order chi connectivity index (χ1) is 9.23. The van der Waals surface area contributed by atoms with Crippen molar-refractivity contribution in [2.24, 2.45) is 0 Å². The van der Waals surface area contributed by atoms with E-state index >= 15 is 0 Å². The summed E-state index contributed by atoms with van der Waals surface area (Å²) in [4.78, 5) is 17.3. The lowest BCUT2D eigenvalue weighted by Crippen LogP contribution is -2.61. The number of nitrogens with zero attached hydrogens (tertiary/aromatic N) is 2. The standard InChI is InChI=1S/C14H20N2O4/c1-13(2,3)20-12(17)16-8-14(18,9-16)10-5-6-15-11(7-10)19-4/h5-7,18H,8-9H2,1-4H3. The van der Waals surface area contributed by atoms with Gasteiger partial charge in [-0.25, -0.2) is 9.78 Å². The van der Waals surface area contributed by atoms with Gasteiger partial charge in [0.1, 0.15) is 11.2 Å². The molecule has 1 aliphatic rings. The predicted molar refractivity (Wildman–Crippen MR) is 72.5 cm³/mol. The van der Waals surface area contributed by atoms with Crippen molar-refractivity contribution in [1.29, 1.82) is 0 Å². The van der Waals surface area contributed by atoms with Crippen LogP contribution in [0.1, 0.15) is 26.3 Å². The lowest BCUT2D eigenvalue weighted by molar-refractivity contribution is -0.103. The van der Waals surface area contributed by atoms with Crippen LogP contribution in [0, 0.1) is 0 Å². The molecule has 6 heteroatoms. The number of methoxy groups -OCH3 is 1. The van der Waals surface area contributed by atoms with Crippen LogP contribution in [0.5, 0.6) is 5.88 Å². The van der Waals surface area contributed by atoms with Crippen molar-refractivity contribution in [3.8, 4) is 5.88 Å². The summed E-state index contributed by atoms with van der Waals surface area (Å²) in [7, 11) is 1.52. The van der Waals surface area contributed by atoms with Crippen LogP contribution < -0.4 is 4.74 Å². The van der Waals surface area contributed by atoms with Crippen LogP contribution in [-0.2, 0) is 10.3 Å². The second-order valence-electron chi connectivity index (χ2n) is 5.95. The minimum Gasteiger partial charge on any atom is -0.481 e. The number of hydrogen-bond acceptors (Lipinski definition) is 5. The van der Waals surface area contributed by atoms with E-state index in [-0.39, 0.29) is 13.1 Å². The minimum atomic E-state index is -1.06. The van der Waals surface area contributed by atoms with Gasteiger partial charge in [0.2, 0.25) is 5.88 Å². The van der Waals surface area contributed by atoms with E-state index in [0.717, 1.165) is 0 Å². The highest BCUT2D eigenvalue weighted by atomic mass is 16.6. The molecule has 1 saturated heterocycles. The van der Waals surface area contributed by atoms with Crippen molar-refractivity contribution < 1.29 is 19.4 Å². The molecule has 0 aliphatic carbocycles. The molecule has 0 saturated carbocycles. The quantitative estimate of drug-likeness (QED) is 0.889. The molecule has 110 valence electrons. The van der Waals surface area contributed by atoms with E-state index in [2.05, 4.69) is 4.98 Å². The number of aromatic nitrogens is 1. The number of β-amino-alcohol motifs (C(OH)–C–C–N with tert-alkyl or cyclic N) is 1. The largest absolute Gasteiger partial charge is 0.481 e. The van der Waals surface area contributed by atoms with E-state index in [0.29, 0.717) is 11.4 Å². The number of carbonyl (C=O) groups excluding carboxylic acids is 1. The summed E-state index contributed by atoms with van der Waals surface area (Å²) in [6.07, 6.45) is 1.16. The first-order valence-electron chi connectivity index (χ1n) is 6.44. The minimum absolute atomic E-state index is 0.203. The molecule has 1 fully saturated rings. The van der Waals surface area contributed by atoms with Gasteiger partial charge in [0, 0.05) is 12.3 Å². The van der Waals surface area contributed by atoms with Crippen LogP contribution in [0.3, 0.4) is 0 Å². The van der Waals surface area contributed by atoms with E-state index < -0.39 is 17.3 Å². The number of carbonyl (C=O) groups is 1. The number of likely N-dealkylation sites (tertiary alicyclic amines) is 1. The Morgan fingerprint density at radius 1 is 1.45 bits per heavy atom. The first-order valence-corrected chi connectivity index (χ1v) is 6.44. The third-order valence-electron chi connectivity index (χ3n) is 3.04. The molecule has 2 heterocycles. The Hall–Kier alpha value is -1.82. The van der Waals surface area contributed by atoms with Gasteiger partial charge in [0.15, 0.2) is 0 Å². The Morgan fingerprint density at radius 2 is 2.10 bits per heavy atom. The summed E-state index contributed by atoms with van der Waals surface area (Å²) < 4.78 is 10.3. The van der Waals surface area contributed by atoms with Gasteiger partial charge < -0.3 is 19.5 Å². The van der Waals surface area contributed by atoms with Crippen molar-refractivity contribution in [2.45, 2.75) is 32.0 Å². The first kappa shape index (κ1) is 14.6. The van der Waals surface area contributed by atoms with Crippen LogP contribution >= 0.6 is 0 Å². The third-order valence-corrected chi connectivity index (χ3v) is 3.04. The Bertz CT molecular complexity index is 504. The van der Waals surface area contributed by atoms with E-state index in [4.69, 9.17) is 9.47 Å². The molecule has 0 aromatic carbocycles. The Balaban J connectivity index is 2.01. The Labute approximate surface area is 118 Å². The van der Waals surface area contributed by atoms with Gasteiger partial charge >= 0.3 is 6.09 Å². The topological polar surface area (TPSA) is 71.9 Å². The van der Waals surface area contributed by atoms with Gasteiger partial charge in [0.25, 0.3) is 0 Å². The fourth-order valence-corrected chi connectivity index (χ4v) is 2.03. The zero-order valence-corrected chi connectivity index (χ0v) is 12.2. The maximum Gasteiger partial charge on any atom is 0.410 e. The SMILES string of the molecule is COc1cc(C2(O)CN(C(=O)OC(C)(C)C)C2)ccn1. The van der Waals surface area contributed by atoms with Crippen LogP contribution in [0.25, 0.3) is 0 Å². The summed E-state index contributed by atoms with van der Waals surface area (Å²) in [6.45, 7) is 5.84. The Kier molecular flexibility index (Phi) is 3.60. The van der Waals surface area contributed by atoms with Crippen molar-refractivity contribution >= 4 is 6.09 Å². The molecular formula is C14H20N2O4. The molecule has 0 spiro atoms. The van der Waals surface area contributed by atoms with Crippen LogP contribution in [0.15, 0.2) is 18.3 Å². The van der Waals surface area contributed by atoms with Crippen molar-refractivity contribution in [2.75, 3.05) is 20.2 Å². The zero-order valence-electron chi connectivity index (χ0n) is 12.2. The van der Waals surface area contributed by atoms with Gasteiger partial charge in [-0.3, -0.25) is 0 Å². The molecule has 0 bridgehead atoms. The molecule has 1 aliphatic heterocycles. The van der Waals surface area contributed by atoms with Crippen LogP contribution in [0.2, 0.25) is 0 Å².